The van der Waals surface area contributed by atoms with Crippen molar-refractivity contribution in [2.45, 2.75) is 12.0 Å². The Kier molecular flexibility index (Phi) is 4.25. The molecule has 1 saturated heterocycles. The van der Waals surface area contributed by atoms with Crippen LogP contribution < -0.4 is 4.74 Å². The lowest BCUT2D eigenvalue weighted by atomic mass is 10.0. The van der Waals surface area contributed by atoms with E-state index < -0.39 is 5.60 Å². The van der Waals surface area contributed by atoms with Crippen LogP contribution in [0.2, 0.25) is 0 Å². The van der Waals surface area contributed by atoms with E-state index in [0.29, 0.717) is 37.5 Å². The molecule has 0 radical (unpaired) electrons. The summed E-state index contributed by atoms with van der Waals surface area (Å²) in [5.41, 5.74) is -0.307. The molecule has 1 amide bonds. The van der Waals surface area contributed by atoms with Crippen LogP contribution in [0.5, 0.6) is 5.88 Å². The molecule has 20 heavy (non-hydrogen) atoms. The van der Waals surface area contributed by atoms with E-state index >= 15 is 0 Å². The molecule has 1 aliphatic heterocycles. The van der Waals surface area contributed by atoms with Gasteiger partial charge in [0.25, 0.3) is 5.91 Å². The van der Waals surface area contributed by atoms with Crippen LogP contribution in [0.1, 0.15) is 16.8 Å². The fraction of sp³-hybridized carbons (Fsp3) is 0.571. The number of likely N-dealkylation sites (N-methyl/N-ethyl adjacent to an activating group) is 1. The number of aromatic nitrogens is 1. The second-order valence-corrected chi connectivity index (χ2v) is 5.53. The third-order valence-electron chi connectivity index (χ3n) is 3.42. The Balaban J connectivity index is 2.03. The van der Waals surface area contributed by atoms with Gasteiger partial charge in [0, 0.05) is 25.4 Å². The minimum absolute atomic E-state index is 0.102. The van der Waals surface area contributed by atoms with E-state index in [1.165, 1.54) is 13.3 Å². The molecule has 0 unspecified atom stereocenters. The molecule has 0 aliphatic carbocycles. The molecule has 6 nitrogen and oxygen atoms in total. The Morgan fingerprint density at radius 3 is 2.85 bits per heavy atom. The van der Waals surface area contributed by atoms with Gasteiger partial charge in [-0.15, -0.1) is 0 Å². The van der Waals surface area contributed by atoms with Crippen molar-refractivity contribution in [2.24, 2.45) is 0 Å². The zero-order chi connectivity index (χ0) is 14.8. The molecule has 2 rings (SSSR count). The Morgan fingerprint density at radius 2 is 2.30 bits per heavy atom. The Bertz CT molecular complexity index is 475. The number of nitrogens with zero attached hydrogens (tertiary/aromatic N) is 3. The van der Waals surface area contributed by atoms with Gasteiger partial charge in [0.15, 0.2) is 0 Å². The maximum atomic E-state index is 12.3. The van der Waals surface area contributed by atoms with Crippen LogP contribution in [0.25, 0.3) is 0 Å². The first-order valence-electron chi connectivity index (χ1n) is 6.60. The average Bonchev–Trinajstić information content (AvgIpc) is 2.79. The number of carbonyl (C=O) groups excluding carboxylic acids is 1. The van der Waals surface area contributed by atoms with E-state index in [-0.39, 0.29) is 5.91 Å². The van der Waals surface area contributed by atoms with Crippen LogP contribution in [0.4, 0.5) is 0 Å². The van der Waals surface area contributed by atoms with Gasteiger partial charge in [0.1, 0.15) is 0 Å². The molecule has 110 valence electrons. The van der Waals surface area contributed by atoms with Gasteiger partial charge in [-0.2, -0.15) is 0 Å². The van der Waals surface area contributed by atoms with Gasteiger partial charge in [-0.25, -0.2) is 4.98 Å². The number of pyridine rings is 1. The number of hydrogen-bond donors (Lipinski definition) is 1. The first kappa shape index (κ1) is 14.7. The summed E-state index contributed by atoms with van der Waals surface area (Å²) in [6.45, 7) is 1.48. The third kappa shape index (κ3) is 3.26. The fourth-order valence-corrected chi connectivity index (χ4v) is 2.56. The van der Waals surface area contributed by atoms with E-state index in [4.69, 9.17) is 4.74 Å². The second-order valence-electron chi connectivity index (χ2n) is 5.53. The van der Waals surface area contributed by atoms with Crippen LogP contribution in [0.3, 0.4) is 0 Å². The molecule has 1 N–H and O–H groups in total. The maximum Gasteiger partial charge on any atom is 0.255 e. The summed E-state index contributed by atoms with van der Waals surface area (Å²) in [4.78, 5) is 20.0. The van der Waals surface area contributed by atoms with Gasteiger partial charge >= 0.3 is 0 Å². The van der Waals surface area contributed by atoms with E-state index in [9.17, 15) is 9.90 Å². The van der Waals surface area contributed by atoms with Crippen molar-refractivity contribution >= 4 is 5.91 Å². The monoisotopic (exact) mass is 279 g/mol. The number of methoxy groups -OCH3 is 1. The number of aliphatic hydroxyl groups is 1. The number of likely N-dealkylation sites (tertiary alicyclic amines) is 1. The summed E-state index contributed by atoms with van der Waals surface area (Å²) in [7, 11) is 5.36. The van der Waals surface area contributed by atoms with Crippen molar-refractivity contribution in [3.05, 3.63) is 23.9 Å². The van der Waals surface area contributed by atoms with Gasteiger partial charge in [-0.1, -0.05) is 0 Å². The lowest BCUT2D eigenvalue weighted by Gasteiger charge is -2.26. The highest BCUT2D eigenvalue weighted by Gasteiger charge is 2.38. The molecule has 1 fully saturated rings. The average molecular weight is 279 g/mol. The highest BCUT2D eigenvalue weighted by Crippen LogP contribution is 2.23. The molecular weight excluding hydrogens is 258 g/mol. The van der Waals surface area contributed by atoms with Gasteiger partial charge in [-0.05, 0) is 26.6 Å². The highest BCUT2D eigenvalue weighted by atomic mass is 16.5. The fourth-order valence-electron chi connectivity index (χ4n) is 2.56. The summed E-state index contributed by atoms with van der Waals surface area (Å²) >= 11 is 0. The van der Waals surface area contributed by atoms with Crippen molar-refractivity contribution in [1.29, 1.82) is 0 Å². The molecule has 0 saturated carbocycles. The second kappa shape index (κ2) is 5.76. The van der Waals surface area contributed by atoms with Crippen LogP contribution in [-0.4, -0.2) is 72.2 Å². The van der Waals surface area contributed by atoms with Crippen LogP contribution in [-0.2, 0) is 0 Å². The topological polar surface area (TPSA) is 65.9 Å². The third-order valence-corrected chi connectivity index (χ3v) is 3.42. The summed E-state index contributed by atoms with van der Waals surface area (Å²) in [6.07, 6.45) is 2.10. The summed E-state index contributed by atoms with van der Waals surface area (Å²) < 4.78 is 4.97. The Labute approximate surface area is 119 Å². The van der Waals surface area contributed by atoms with Gasteiger partial charge in [0.05, 0.1) is 24.8 Å². The molecule has 1 atom stereocenters. The number of amides is 1. The van der Waals surface area contributed by atoms with E-state index in [1.807, 2.05) is 19.0 Å². The van der Waals surface area contributed by atoms with Crippen LogP contribution in [0.15, 0.2) is 18.3 Å². The van der Waals surface area contributed by atoms with Crippen molar-refractivity contribution < 1.29 is 14.6 Å². The SMILES string of the molecule is COc1ccc(C(=O)N2CC[C@@](O)(CN(C)C)C2)cn1. The Hall–Kier alpha value is -1.66. The lowest BCUT2D eigenvalue weighted by Crippen LogP contribution is -2.43. The van der Waals surface area contributed by atoms with Crippen molar-refractivity contribution in [1.82, 2.24) is 14.8 Å². The van der Waals surface area contributed by atoms with Gasteiger partial charge in [-0.3, -0.25) is 4.79 Å². The first-order chi connectivity index (χ1) is 9.43. The highest BCUT2D eigenvalue weighted by molar-refractivity contribution is 5.94. The minimum atomic E-state index is -0.820. The predicted octanol–water partition coefficient (Wildman–Crippen LogP) is 0.229. The molecule has 0 aromatic carbocycles. The number of β-amino-alcohol motifs (C(OH)–C–C–N with tert-alkyl or cyclic N) is 1. The van der Waals surface area contributed by atoms with Crippen LogP contribution in [0, 0.1) is 0 Å². The van der Waals surface area contributed by atoms with Crippen molar-refractivity contribution in [2.75, 3.05) is 40.8 Å². The Morgan fingerprint density at radius 1 is 1.55 bits per heavy atom. The number of rotatable bonds is 4. The summed E-state index contributed by atoms with van der Waals surface area (Å²) in [5, 5.41) is 10.4. The number of hydrogen-bond acceptors (Lipinski definition) is 5. The van der Waals surface area contributed by atoms with E-state index in [1.54, 1.807) is 17.0 Å². The van der Waals surface area contributed by atoms with E-state index in [0.717, 1.165) is 0 Å². The maximum absolute atomic E-state index is 12.3. The number of ether oxygens (including phenoxy) is 1. The standard InChI is InChI=1S/C14H21N3O3/c1-16(2)9-14(19)6-7-17(10-14)13(18)11-4-5-12(20-3)15-8-11/h4-5,8,19H,6-7,9-10H2,1-3H3/t14-/m1/s1. The smallest absolute Gasteiger partial charge is 0.255 e. The van der Waals surface area contributed by atoms with Crippen molar-refractivity contribution in [3.63, 3.8) is 0 Å². The molecule has 6 heteroatoms. The largest absolute Gasteiger partial charge is 0.481 e. The van der Waals surface area contributed by atoms with Gasteiger partial charge < -0.3 is 19.6 Å². The zero-order valence-corrected chi connectivity index (χ0v) is 12.2. The van der Waals surface area contributed by atoms with Crippen molar-refractivity contribution in [3.8, 4) is 5.88 Å². The molecule has 1 aromatic rings. The van der Waals surface area contributed by atoms with Gasteiger partial charge in [0.2, 0.25) is 5.88 Å². The molecule has 2 heterocycles. The predicted molar refractivity (Wildman–Crippen MR) is 74.8 cm³/mol. The quantitative estimate of drug-likeness (QED) is 0.854. The number of carbonyl (C=O) groups is 1. The summed E-state index contributed by atoms with van der Waals surface area (Å²) in [5.74, 6) is 0.377. The molecule has 1 aromatic heterocycles. The zero-order valence-electron chi connectivity index (χ0n) is 12.2. The molecule has 0 bridgehead atoms. The minimum Gasteiger partial charge on any atom is -0.481 e. The van der Waals surface area contributed by atoms with E-state index in [2.05, 4.69) is 4.98 Å². The summed E-state index contributed by atoms with van der Waals surface area (Å²) in [6, 6.07) is 3.35. The van der Waals surface area contributed by atoms with Crippen LogP contribution >= 0.6 is 0 Å². The first-order valence-corrected chi connectivity index (χ1v) is 6.60. The normalized spacial score (nSPS) is 22.4. The lowest BCUT2D eigenvalue weighted by molar-refractivity contribution is 0.0236. The molecule has 1 aliphatic rings. The molecule has 0 spiro atoms. The molecular formula is C14H21N3O3.